The van der Waals surface area contributed by atoms with Crippen molar-refractivity contribution in [2.45, 2.75) is 32.7 Å². The van der Waals surface area contributed by atoms with Crippen LogP contribution in [0.3, 0.4) is 0 Å². The highest BCUT2D eigenvalue weighted by Gasteiger charge is 2.15. The van der Waals surface area contributed by atoms with Gasteiger partial charge >= 0.3 is 0 Å². The quantitative estimate of drug-likeness (QED) is 0.931. The molecule has 2 heterocycles. The average molecular weight is 282 g/mol. The van der Waals surface area contributed by atoms with Crippen molar-refractivity contribution in [3.63, 3.8) is 0 Å². The fourth-order valence-corrected chi connectivity index (χ4v) is 2.74. The molecule has 21 heavy (non-hydrogen) atoms. The lowest BCUT2D eigenvalue weighted by Gasteiger charge is -2.19. The van der Waals surface area contributed by atoms with E-state index in [2.05, 4.69) is 57.4 Å². The minimum Gasteiger partial charge on any atom is -0.356 e. The third-order valence-corrected chi connectivity index (χ3v) is 3.92. The van der Waals surface area contributed by atoms with Crippen LogP contribution in [0.1, 0.15) is 37.1 Å². The van der Waals surface area contributed by atoms with Gasteiger partial charge in [-0.05, 0) is 32.3 Å². The molecule has 2 aromatic rings. The molecule has 110 valence electrons. The van der Waals surface area contributed by atoms with Gasteiger partial charge in [0.05, 0.1) is 6.04 Å². The van der Waals surface area contributed by atoms with Crippen LogP contribution >= 0.6 is 0 Å². The summed E-state index contributed by atoms with van der Waals surface area (Å²) < 4.78 is 0. The maximum atomic E-state index is 4.68. The predicted molar refractivity (Wildman–Crippen MR) is 86.7 cm³/mol. The average Bonchev–Trinajstić information content (AvgIpc) is 3.02. The Hall–Kier alpha value is -2.10. The molecule has 4 heteroatoms. The number of hydrogen-bond acceptors (Lipinski definition) is 4. The van der Waals surface area contributed by atoms with Gasteiger partial charge in [0.15, 0.2) is 0 Å². The highest BCUT2D eigenvalue weighted by molar-refractivity contribution is 5.46. The molecule has 4 nitrogen and oxygen atoms in total. The fraction of sp³-hybridized carbons (Fsp3) is 0.412. The summed E-state index contributed by atoms with van der Waals surface area (Å²) in [7, 11) is 0. The van der Waals surface area contributed by atoms with Gasteiger partial charge in [-0.15, -0.1) is 0 Å². The first-order valence-electron chi connectivity index (χ1n) is 7.64. The van der Waals surface area contributed by atoms with E-state index in [4.69, 9.17) is 0 Å². The van der Waals surface area contributed by atoms with Gasteiger partial charge in [0.1, 0.15) is 5.82 Å². The molecule has 1 unspecified atom stereocenters. The van der Waals surface area contributed by atoms with Gasteiger partial charge in [0, 0.05) is 24.8 Å². The topological polar surface area (TPSA) is 41.1 Å². The van der Waals surface area contributed by atoms with Crippen LogP contribution < -0.4 is 10.2 Å². The van der Waals surface area contributed by atoms with Gasteiger partial charge in [0.25, 0.3) is 0 Å². The highest BCUT2D eigenvalue weighted by atomic mass is 15.2. The molecule has 1 aliphatic heterocycles. The van der Waals surface area contributed by atoms with Crippen molar-refractivity contribution in [2.75, 3.05) is 23.3 Å². The first-order chi connectivity index (χ1) is 10.2. The number of aryl methyl sites for hydroxylation is 1. The van der Waals surface area contributed by atoms with Crippen molar-refractivity contribution in [2.24, 2.45) is 0 Å². The minimum atomic E-state index is 0.194. The molecule has 0 radical (unpaired) electrons. The summed E-state index contributed by atoms with van der Waals surface area (Å²) in [6.07, 6.45) is 2.51. The van der Waals surface area contributed by atoms with E-state index < -0.39 is 0 Å². The number of aromatic nitrogens is 2. The van der Waals surface area contributed by atoms with Crippen LogP contribution in [0, 0.1) is 6.92 Å². The van der Waals surface area contributed by atoms with Crippen LogP contribution in [0.5, 0.6) is 0 Å². The molecule has 1 aromatic carbocycles. The van der Waals surface area contributed by atoms with E-state index in [9.17, 15) is 0 Å². The van der Waals surface area contributed by atoms with Crippen LogP contribution in [0.25, 0.3) is 0 Å². The van der Waals surface area contributed by atoms with Crippen LogP contribution in [0.4, 0.5) is 11.8 Å². The van der Waals surface area contributed by atoms with Gasteiger partial charge in [-0.2, -0.15) is 4.98 Å². The lowest BCUT2D eigenvalue weighted by atomic mass is 10.1. The zero-order chi connectivity index (χ0) is 14.7. The van der Waals surface area contributed by atoms with Crippen molar-refractivity contribution >= 4 is 11.8 Å². The summed E-state index contributed by atoms with van der Waals surface area (Å²) in [5.41, 5.74) is 2.25. The summed E-state index contributed by atoms with van der Waals surface area (Å²) in [6, 6.07) is 12.7. The van der Waals surface area contributed by atoms with E-state index in [1.54, 1.807) is 0 Å². The Morgan fingerprint density at radius 1 is 1.10 bits per heavy atom. The zero-order valence-electron chi connectivity index (χ0n) is 12.7. The molecule has 0 amide bonds. The third-order valence-electron chi connectivity index (χ3n) is 3.92. The number of anilines is 2. The molecule has 0 saturated carbocycles. The fourth-order valence-electron chi connectivity index (χ4n) is 2.74. The van der Waals surface area contributed by atoms with Gasteiger partial charge in [-0.25, -0.2) is 4.98 Å². The van der Waals surface area contributed by atoms with Crippen molar-refractivity contribution in [1.29, 1.82) is 0 Å². The molecule has 1 N–H and O–H groups in total. The van der Waals surface area contributed by atoms with E-state index >= 15 is 0 Å². The Kier molecular flexibility index (Phi) is 4.04. The van der Waals surface area contributed by atoms with Crippen molar-refractivity contribution < 1.29 is 0 Å². The summed E-state index contributed by atoms with van der Waals surface area (Å²) in [5.74, 6) is 1.76. The van der Waals surface area contributed by atoms with E-state index in [1.807, 2.05) is 13.0 Å². The Balaban J connectivity index is 1.78. The number of nitrogens with zero attached hydrogens (tertiary/aromatic N) is 3. The van der Waals surface area contributed by atoms with Crippen molar-refractivity contribution in [3.8, 4) is 0 Å². The van der Waals surface area contributed by atoms with Crippen LogP contribution in [0.2, 0.25) is 0 Å². The molecule has 1 fully saturated rings. The molecule has 1 atom stereocenters. The Labute approximate surface area is 126 Å². The SMILES string of the molecule is Cc1cc(N2CCCC2)nc(NC(C)c2ccccc2)n1. The zero-order valence-corrected chi connectivity index (χ0v) is 12.7. The van der Waals surface area contributed by atoms with Gasteiger partial charge in [0.2, 0.25) is 5.95 Å². The number of benzene rings is 1. The summed E-state index contributed by atoms with van der Waals surface area (Å²) in [5, 5.41) is 3.41. The Bertz CT molecular complexity index is 591. The first-order valence-corrected chi connectivity index (χ1v) is 7.64. The molecule has 1 aliphatic rings. The maximum absolute atomic E-state index is 4.68. The van der Waals surface area contributed by atoms with Gasteiger partial charge in [-0.1, -0.05) is 30.3 Å². The summed E-state index contributed by atoms with van der Waals surface area (Å²) in [4.78, 5) is 11.5. The lowest BCUT2D eigenvalue weighted by molar-refractivity contribution is 0.847. The van der Waals surface area contributed by atoms with E-state index in [0.717, 1.165) is 24.6 Å². The number of nitrogens with one attached hydrogen (secondary N) is 1. The number of hydrogen-bond donors (Lipinski definition) is 1. The summed E-state index contributed by atoms with van der Waals surface area (Å²) >= 11 is 0. The normalized spacial score (nSPS) is 16.0. The standard InChI is InChI=1S/C17H22N4/c1-13-12-16(21-10-6-7-11-21)20-17(18-13)19-14(2)15-8-4-3-5-9-15/h3-5,8-9,12,14H,6-7,10-11H2,1-2H3,(H,18,19,20). The second-order valence-electron chi connectivity index (χ2n) is 5.66. The second kappa shape index (κ2) is 6.12. The molecular weight excluding hydrogens is 260 g/mol. The Morgan fingerprint density at radius 3 is 2.52 bits per heavy atom. The van der Waals surface area contributed by atoms with Crippen LogP contribution in [-0.4, -0.2) is 23.1 Å². The first kappa shape index (κ1) is 13.9. The molecule has 0 aliphatic carbocycles. The van der Waals surface area contributed by atoms with Crippen LogP contribution in [-0.2, 0) is 0 Å². The molecule has 3 rings (SSSR count). The monoisotopic (exact) mass is 282 g/mol. The summed E-state index contributed by atoms with van der Waals surface area (Å²) in [6.45, 7) is 6.37. The maximum Gasteiger partial charge on any atom is 0.225 e. The van der Waals surface area contributed by atoms with E-state index in [1.165, 1.54) is 18.4 Å². The molecule has 0 bridgehead atoms. The van der Waals surface area contributed by atoms with Gasteiger partial charge in [-0.3, -0.25) is 0 Å². The van der Waals surface area contributed by atoms with Crippen molar-refractivity contribution in [1.82, 2.24) is 9.97 Å². The lowest BCUT2D eigenvalue weighted by Crippen LogP contribution is -2.20. The number of rotatable bonds is 4. The van der Waals surface area contributed by atoms with Crippen LogP contribution in [0.15, 0.2) is 36.4 Å². The Morgan fingerprint density at radius 2 is 1.81 bits per heavy atom. The molecule has 0 spiro atoms. The predicted octanol–water partition coefficient (Wildman–Crippen LogP) is 3.56. The van der Waals surface area contributed by atoms with Crippen molar-refractivity contribution in [3.05, 3.63) is 47.7 Å². The molecule has 1 aromatic heterocycles. The van der Waals surface area contributed by atoms with E-state index in [0.29, 0.717) is 5.95 Å². The van der Waals surface area contributed by atoms with Gasteiger partial charge < -0.3 is 10.2 Å². The minimum absolute atomic E-state index is 0.194. The van der Waals surface area contributed by atoms with E-state index in [-0.39, 0.29) is 6.04 Å². The second-order valence-corrected chi connectivity index (χ2v) is 5.66. The molecule has 1 saturated heterocycles. The highest BCUT2D eigenvalue weighted by Crippen LogP contribution is 2.22. The smallest absolute Gasteiger partial charge is 0.225 e. The largest absolute Gasteiger partial charge is 0.356 e. The third kappa shape index (κ3) is 3.32. The molecular formula is C17H22N4.